The second-order valence-corrected chi connectivity index (χ2v) is 7.85. The zero-order chi connectivity index (χ0) is 17.5. The first kappa shape index (κ1) is 16.8. The van der Waals surface area contributed by atoms with Crippen LogP contribution >= 0.6 is 0 Å². The number of nitrogens with one attached hydrogen (secondary N) is 1. The molecule has 1 aliphatic rings. The first-order valence-corrected chi connectivity index (χ1v) is 9.03. The van der Waals surface area contributed by atoms with Gasteiger partial charge in [0.1, 0.15) is 0 Å². The Balaban J connectivity index is 1.99. The van der Waals surface area contributed by atoms with Gasteiger partial charge >= 0.3 is 143 Å². The van der Waals surface area contributed by atoms with Crippen molar-refractivity contribution in [2.75, 3.05) is 14.2 Å². The third-order valence-electron chi connectivity index (χ3n) is 4.31. The van der Waals surface area contributed by atoms with Crippen LogP contribution < -0.4 is 14.8 Å². The average Bonchev–Trinajstić information content (AvgIpc) is 2.85. The molecule has 2 aromatic rings. The fraction of sp³-hybridized carbons (Fsp3) is 0.375. The first-order valence-electron chi connectivity index (χ1n) is 7.32. The second kappa shape index (κ2) is 6.11. The number of amides is 1. The van der Waals surface area contributed by atoms with Crippen LogP contribution in [0.15, 0.2) is 12.1 Å². The molecule has 1 aromatic carbocycles. The zero-order valence-electron chi connectivity index (χ0n) is 13.1. The summed E-state index contributed by atoms with van der Waals surface area (Å²) in [5.74, 6) is -1.50. The van der Waals surface area contributed by atoms with Gasteiger partial charge in [-0.3, -0.25) is 0 Å². The molecule has 0 atom stereocenters. The molecule has 0 unspecified atom stereocenters. The van der Waals surface area contributed by atoms with Crippen LogP contribution in [0.2, 0.25) is 0 Å². The van der Waals surface area contributed by atoms with Gasteiger partial charge in [0, 0.05) is 0 Å². The Bertz CT molecular complexity index is 827. The molecule has 0 radical (unpaired) electrons. The first-order chi connectivity index (χ1) is 11.4. The van der Waals surface area contributed by atoms with Crippen molar-refractivity contribution in [1.82, 2.24) is 5.32 Å². The summed E-state index contributed by atoms with van der Waals surface area (Å²) in [6.45, 7) is 0. The average molecular weight is 400 g/mol. The van der Waals surface area contributed by atoms with Crippen LogP contribution in [0.5, 0.6) is 11.5 Å². The Hall–Kier alpha value is -2.05. The van der Waals surface area contributed by atoms with Gasteiger partial charge in [0.25, 0.3) is 0 Å². The van der Waals surface area contributed by atoms with Crippen LogP contribution in [0.1, 0.15) is 28.5 Å². The Labute approximate surface area is 143 Å². The van der Waals surface area contributed by atoms with E-state index in [-0.39, 0.29) is 4.44 Å². The van der Waals surface area contributed by atoms with Gasteiger partial charge in [-0.15, -0.1) is 0 Å². The van der Waals surface area contributed by atoms with Gasteiger partial charge < -0.3 is 0 Å². The number of ether oxygens (including phenoxy) is 2. The molecule has 1 heterocycles. The maximum atomic E-state index is 14.7. The summed E-state index contributed by atoms with van der Waals surface area (Å²) in [5, 5.41) is 12.1. The van der Waals surface area contributed by atoms with Crippen molar-refractivity contribution in [3.63, 3.8) is 0 Å². The van der Waals surface area contributed by atoms with Crippen LogP contribution in [-0.2, 0) is 4.79 Å². The monoisotopic (exact) mass is 401 g/mol. The maximum absolute atomic E-state index is 14.7. The molecule has 1 aromatic heterocycles. The van der Waals surface area contributed by atoms with E-state index in [0.29, 0.717) is 34.0 Å². The number of benzene rings is 1. The van der Waals surface area contributed by atoms with Crippen LogP contribution in [0.25, 0.3) is 9.65 Å². The summed E-state index contributed by atoms with van der Waals surface area (Å²) >= 11 is -0.563. The van der Waals surface area contributed by atoms with Crippen molar-refractivity contribution >= 4 is 36.0 Å². The zero-order valence-corrected chi connectivity index (χ0v) is 14.9. The van der Waals surface area contributed by atoms with E-state index in [9.17, 15) is 19.1 Å². The predicted molar refractivity (Wildman–Crippen MR) is 85.6 cm³/mol. The Morgan fingerprint density at radius 1 is 1.25 bits per heavy atom. The van der Waals surface area contributed by atoms with Gasteiger partial charge in [0.15, 0.2) is 0 Å². The third kappa shape index (κ3) is 2.56. The molecule has 3 rings (SSSR count). The number of carboxylic acid groups (broad SMARTS) is 1. The predicted octanol–water partition coefficient (Wildman–Crippen LogP) is 1.79. The molecular formula is C16H16FNO5Se. The SMILES string of the molecule is COc1cc2[se]c(C(=O)NC3(C(=O)O)CCC3)c(F)c2cc1OC. The van der Waals surface area contributed by atoms with Crippen LogP contribution in [0.4, 0.5) is 4.39 Å². The number of aliphatic carboxylic acids is 1. The number of rotatable bonds is 5. The Morgan fingerprint density at radius 2 is 1.88 bits per heavy atom. The number of hydrogen-bond acceptors (Lipinski definition) is 4. The van der Waals surface area contributed by atoms with Gasteiger partial charge in [0.05, 0.1) is 0 Å². The van der Waals surface area contributed by atoms with Crippen molar-refractivity contribution in [1.29, 1.82) is 0 Å². The summed E-state index contributed by atoms with van der Waals surface area (Å²) in [4.78, 5) is 23.8. The summed E-state index contributed by atoms with van der Waals surface area (Å²) in [6, 6.07) is 3.16. The molecule has 1 saturated carbocycles. The van der Waals surface area contributed by atoms with Gasteiger partial charge in [-0.1, -0.05) is 0 Å². The number of hydrogen-bond donors (Lipinski definition) is 2. The van der Waals surface area contributed by atoms with Crippen LogP contribution in [-0.4, -0.2) is 51.2 Å². The number of carbonyl (C=O) groups excluding carboxylic acids is 1. The normalized spacial score (nSPS) is 15.6. The Morgan fingerprint density at radius 3 is 2.38 bits per heavy atom. The fourth-order valence-electron chi connectivity index (χ4n) is 2.74. The summed E-state index contributed by atoms with van der Waals surface area (Å²) in [7, 11) is 2.93. The third-order valence-corrected chi connectivity index (χ3v) is 6.67. The fourth-order valence-corrected chi connectivity index (χ4v) is 4.81. The quantitative estimate of drug-likeness (QED) is 0.748. The molecule has 1 aliphatic carbocycles. The van der Waals surface area contributed by atoms with Crippen LogP contribution in [0.3, 0.4) is 0 Å². The molecule has 1 fully saturated rings. The molecular weight excluding hydrogens is 384 g/mol. The topological polar surface area (TPSA) is 84.9 Å². The van der Waals surface area contributed by atoms with E-state index in [1.165, 1.54) is 20.3 Å². The van der Waals surface area contributed by atoms with E-state index < -0.39 is 37.7 Å². The summed E-state index contributed by atoms with van der Waals surface area (Å²) in [5.41, 5.74) is -1.26. The molecule has 0 bridgehead atoms. The minimum atomic E-state index is -1.26. The molecule has 8 heteroatoms. The van der Waals surface area contributed by atoms with Crippen molar-refractivity contribution in [2.24, 2.45) is 0 Å². The van der Waals surface area contributed by atoms with Crippen molar-refractivity contribution < 1.29 is 28.6 Å². The van der Waals surface area contributed by atoms with E-state index in [2.05, 4.69) is 5.32 Å². The number of carbonyl (C=O) groups is 2. The van der Waals surface area contributed by atoms with E-state index in [0.717, 1.165) is 6.42 Å². The van der Waals surface area contributed by atoms with Gasteiger partial charge in [-0.2, -0.15) is 0 Å². The van der Waals surface area contributed by atoms with Gasteiger partial charge in [-0.25, -0.2) is 0 Å². The molecule has 0 spiro atoms. The van der Waals surface area contributed by atoms with E-state index in [1.807, 2.05) is 0 Å². The van der Waals surface area contributed by atoms with Crippen molar-refractivity contribution in [3.05, 3.63) is 22.4 Å². The van der Waals surface area contributed by atoms with E-state index in [4.69, 9.17) is 9.47 Å². The summed E-state index contributed by atoms with van der Waals surface area (Å²) < 4.78 is 25.7. The number of fused-ring (bicyclic) bond motifs is 1. The van der Waals surface area contributed by atoms with Crippen LogP contribution in [0, 0.1) is 5.82 Å². The molecule has 128 valence electrons. The number of methoxy groups -OCH3 is 2. The van der Waals surface area contributed by atoms with Crippen molar-refractivity contribution in [3.8, 4) is 11.5 Å². The second-order valence-electron chi connectivity index (χ2n) is 5.64. The Kier molecular flexibility index (Phi) is 4.27. The molecule has 24 heavy (non-hydrogen) atoms. The van der Waals surface area contributed by atoms with E-state index >= 15 is 0 Å². The van der Waals surface area contributed by atoms with Crippen molar-refractivity contribution in [2.45, 2.75) is 24.8 Å². The molecule has 0 aliphatic heterocycles. The van der Waals surface area contributed by atoms with Gasteiger partial charge in [-0.05, 0) is 0 Å². The number of halogens is 1. The standard InChI is InChI=1S/C16H16FNO5Se/c1-22-9-6-8-11(7-10(9)23-2)24-13(12(8)17)14(19)18-16(15(20)21)4-3-5-16/h6-7H,3-5H2,1-2H3,(H,18,19)(H,20,21). The molecule has 6 nitrogen and oxygen atoms in total. The number of carboxylic acids is 1. The molecule has 1 amide bonds. The molecule has 2 N–H and O–H groups in total. The van der Waals surface area contributed by atoms with E-state index in [1.54, 1.807) is 6.07 Å². The summed E-state index contributed by atoms with van der Waals surface area (Å²) in [6.07, 6.45) is 1.46. The molecule has 0 saturated heterocycles. The van der Waals surface area contributed by atoms with Gasteiger partial charge in [0.2, 0.25) is 0 Å². The minimum absolute atomic E-state index is 0.000307.